The predicted molar refractivity (Wildman–Crippen MR) is 90.1 cm³/mol. The number of carbonyl (C=O) groups excluding carboxylic acids is 1. The SMILES string of the molecule is COC(=O)[C@H]1Cc2ccccc2CN1S(=O)(=O)c1ccc(C(F)(F)F)cc1. The fourth-order valence-corrected chi connectivity index (χ4v) is 4.60. The largest absolute Gasteiger partial charge is 0.468 e. The number of halogens is 3. The summed E-state index contributed by atoms with van der Waals surface area (Å²) in [6, 6.07) is 9.20. The molecular formula is C18H16F3NO4S. The Morgan fingerprint density at radius 1 is 1.07 bits per heavy atom. The number of methoxy groups -OCH3 is 1. The summed E-state index contributed by atoms with van der Waals surface area (Å²) in [5.74, 6) is -0.722. The molecule has 1 heterocycles. The molecule has 5 nitrogen and oxygen atoms in total. The molecule has 0 fully saturated rings. The third-order valence-corrected chi connectivity index (χ3v) is 6.34. The number of benzene rings is 2. The van der Waals surface area contributed by atoms with E-state index in [0.717, 1.165) is 34.7 Å². The van der Waals surface area contributed by atoms with Gasteiger partial charge in [-0.2, -0.15) is 17.5 Å². The first-order valence-corrected chi connectivity index (χ1v) is 9.42. The summed E-state index contributed by atoms with van der Waals surface area (Å²) in [5.41, 5.74) is 0.606. The van der Waals surface area contributed by atoms with E-state index < -0.39 is 33.8 Å². The van der Waals surface area contributed by atoms with Gasteiger partial charge in [-0.1, -0.05) is 24.3 Å². The molecule has 1 aliphatic rings. The van der Waals surface area contributed by atoms with E-state index in [-0.39, 0.29) is 17.9 Å². The Hall–Kier alpha value is -2.39. The highest BCUT2D eigenvalue weighted by molar-refractivity contribution is 7.89. The highest BCUT2D eigenvalue weighted by Gasteiger charge is 2.40. The van der Waals surface area contributed by atoms with Crippen LogP contribution in [0.4, 0.5) is 13.2 Å². The van der Waals surface area contributed by atoms with Crippen LogP contribution >= 0.6 is 0 Å². The Labute approximate surface area is 154 Å². The molecule has 0 unspecified atom stereocenters. The van der Waals surface area contributed by atoms with Gasteiger partial charge in [-0.05, 0) is 35.4 Å². The normalized spacial score (nSPS) is 18.0. The van der Waals surface area contributed by atoms with Crippen LogP contribution in [0.3, 0.4) is 0 Å². The molecule has 3 rings (SSSR count). The van der Waals surface area contributed by atoms with Gasteiger partial charge in [-0.25, -0.2) is 8.42 Å². The quantitative estimate of drug-likeness (QED) is 0.745. The molecule has 2 aromatic carbocycles. The molecule has 0 aliphatic carbocycles. The maximum atomic E-state index is 13.0. The lowest BCUT2D eigenvalue weighted by Crippen LogP contribution is -2.49. The number of ether oxygens (including phenoxy) is 1. The van der Waals surface area contributed by atoms with E-state index in [1.54, 1.807) is 24.3 Å². The molecule has 0 saturated heterocycles. The molecule has 1 atom stereocenters. The van der Waals surface area contributed by atoms with Crippen LogP contribution in [0, 0.1) is 0 Å². The van der Waals surface area contributed by atoms with Crippen molar-refractivity contribution in [1.82, 2.24) is 4.31 Å². The second kappa shape index (κ2) is 6.97. The van der Waals surface area contributed by atoms with Gasteiger partial charge < -0.3 is 4.74 Å². The summed E-state index contributed by atoms with van der Waals surface area (Å²) in [6.45, 7) is -0.0701. The van der Waals surface area contributed by atoms with E-state index >= 15 is 0 Å². The van der Waals surface area contributed by atoms with Crippen molar-refractivity contribution in [3.63, 3.8) is 0 Å². The molecule has 0 saturated carbocycles. The van der Waals surface area contributed by atoms with Crippen molar-refractivity contribution >= 4 is 16.0 Å². The summed E-state index contributed by atoms with van der Waals surface area (Å²) in [7, 11) is -3.05. The summed E-state index contributed by atoms with van der Waals surface area (Å²) < 4.78 is 69.9. The molecule has 0 aromatic heterocycles. The van der Waals surface area contributed by atoms with Crippen molar-refractivity contribution in [2.45, 2.75) is 30.1 Å². The first kappa shape index (κ1) is 19.4. The van der Waals surface area contributed by atoms with Crippen LogP contribution < -0.4 is 0 Å². The number of fused-ring (bicyclic) bond motifs is 1. The number of hydrogen-bond acceptors (Lipinski definition) is 4. The monoisotopic (exact) mass is 399 g/mol. The molecule has 9 heteroatoms. The third kappa shape index (κ3) is 3.70. The van der Waals surface area contributed by atoms with Crippen molar-refractivity contribution in [2.24, 2.45) is 0 Å². The van der Waals surface area contributed by atoms with Gasteiger partial charge in [0.1, 0.15) is 6.04 Å². The van der Waals surface area contributed by atoms with E-state index in [1.165, 1.54) is 0 Å². The van der Waals surface area contributed by atoms with E-state index in [1.807, 2.05) is 0 Å². The fraction of sp³-hybridized carbons (Fsp3) is 0.278. The Morgan fingerprint density at radius 3 is 2.22 bits per heavy atom. The molecule has 0 amide bonds. The lowest BCUT2D eigenvalue weighted by molar-refractivity contribution is -0.145. The maximum absolute atomic E-state index is 13.0. The highest BCUT2D eigenvalue weighted by atomic mass is 32.2. The van der Waals surface area contributed by atoms with Gasteiger partial charge in [0.15, 0.2) is 0 Å². The molecule has 0 spiro atoms. The Kier molecular flexibility index (Phi) is 5.00. The van der Waals surface area contributed by atoms with Crippen molar-refractivity contribution in [3.05, 3.63) is 65.2 Å². The lowest BCUT2D eigenvalue weighted by Gasteiger charge is -2.34. The van der Waals surface area contributed by atoms with E-state index in [4.69, 9.17) is 4.74 Å². The van der Waals surface area contributed by atoms with E-state index in [2.05, 4.69) is 0 Å². The van der Waals surface area contributed by atoms with Gasteiger partial charge in [0.25, 0.3) is 0 Å². The van der Waals surface area contributed by atoms with E-state index in [0.29, 0.717) is 12.1 Å². The average molecular weight is 399 g/mol. The fourth-order valence-electron chi connectivity index (χ4n) is 3.04. The number of rotatable bonds is 3. The summed E-state index contributed by atoms with van der Waals surface area (Å²) in [4.78, 5) is 11.9. The standard InChI is InChI=1S/C18H16F3NO4S/c1-26-17(23)16-10-12-4-2-3-5-13(12)11-22(16)27(24,25)15-8-6-14(7-9-15)18(19,20)21/h2-9,16H,10-11H2,1H3/t16-/m1/s1. The van der Waals surface area contributed by atoms with E-state index in [9.17, 15) is 26.4 Å². The molecule has 0 bridgehead atoms. The van der Waals surface area contributed by atoms with Crippen molar-refractivity contribution in [1.29, 1.82) is 0 Å². The second-order valence-corrected chi connectivity index (χ2v) is 7.97. The van der Waals surface area contributed by atoms with Gasteiger partial charge in [0.05, 0.1) is 17.6 Å². The Balaban J connectivity index is 2.01. The average Bonchev–Trinajstić information content (AvgIpc) is 2.65. The maximum Gasteiger partial charge on any atom is 0.416 e. The second-order valence-electron chi connectivity index (χ2n) is 6.08. The van der Waals surface area contributed by atoms with Crippen LogP contribution in [0.25, 0.3) is 0 Å². The zero-order valence-electron chi connectivity index (χ0n) is 14.2. The first-order chi connectivity index (χ1) is 12.6. The van der Waals surface area contributed by atoms with Crippen molar-refractivity contribution < 1.29 is 31.1 Å². The zero-order valence-corrected chi connectivity index (χ0v) is 15.0. The molecule has 2 aromatic rings. The minimum atomic E-state index is -4.57. The first-order valence-electron chi connectivity index (χ1n) is 7.98. The topological polar surface area (TPSA) is 63.7 Å². The number of sulfonamides is 1. The number of carbonyl (C=O) groups is 1. The highest BCUT2D eigenvalue weighted by Crippen LogP contribution is 2.32. The van der Waals surface area contributed by atoms with Gasteiger partial charge in [-0.3, -0.25) is 4.79 Å². The van der Waals surface area contributed by atoms with Gasteiger partial charge in [-0.15, -0.1) is 0 Å². The van der Waals surface area contributed by atoms with Crippen LogP contribution in [0.1, 0.15) is 16.7 Å². The van der Waals surface area contributed by atoms with Gasteiger partial charge >= 0.3 is 12.1 Å². The molecule has 0 N–H and O–H groups in total. The Bertz CT molecular complexity index is 955. The zero-order chi connectivity index (χ0) is 19.8. The van der Waals surface area contributed by atoms with Crippen LogP contribution in [-0.2, 0) is 38.7 Å². The number of nitrogens with zero attached hydrogens (tertiary/aromatic N) is 1. The smallest absolute Gasteiger partial charge is 0.416 e. The van der Waals surface area contributed by atoms with Crippen LogP contribution in [0.5, 0.6) is 0 Å². The minimum absolute atomic E-state index is 0.0701. The number of esters is 1. The molecule has 0 radical (unpaired) electrons. The summed E-state index contributed by atoms with van der Waals surface area (Å²) in [5, 5.41) is 0. The molecule has 27 heavy (non-hydrogen) atoms. The molecule has 144 valence electrons. The van der Waals surface area contributed by atoms with Crippen molar-refractivity contribution in [3.8, 4) is 0 Å². The predicted octanol–water partition coefficient (Wildman–Crippen LogP) is 2.99. The number of hydrogen-bond donors (Lipinski definition) is 0. The molecular weight excluding hydrogens is 383 g/mol. The third-order valence-electron chi connectivity index (χ3n) is 4.47. The summed E-state index contributed by atoms with van der Waals surface area (Å²) >= 11 is 0. The van der Waals surface area contributed by atoms with Crippen molar-refractivity contribution in [2.75, 3.05) is 7.11 Å². The lowest BCUT2D eigenvalue weighted by atomic mass is 9.96. The Morgan fingerprint density at radius 2 is 1.67 bits per heavy atom. The summed E-state index contributed by atoms with van der Waals surface area (Å²) in [6.07, 6.45) is -4.44. The van der Waals surface area contributed by atoms with Gasteiger partial charge in [0.2, 0.25) is 10.0 Å². The molecule has 1 aliphatic heterocycles. The number of alkyl halides is 3. The minimum Gasteiger partial charge on any atom is -0.468 e. The van der Waals surface area contributed by atoms with Crippen LogP contribution in [0.15, 0.2) is 53.4 Å². The van der Waals surface area contributed by atoms with Crippen LogP contribution in [-0.4, -0.2) is 31.8 Å². The van der Waals surface area contributed by atoms with Gasteiger partial charge in [0, 0.05) is 13.0 Å². The van der Waals surface area contributed by atoms with Crippen LogP contribution in [0.2, 0.25) is 0 Å².